The van der Waals surface area contributed by atoms with Gasteiger partial charge in [0.2, 0.25) is 0 Å². The van der Waals surface area contributed by atoms with Gasteiger partial charge in [0.15, 0.2) is 4.32 Å². The Balaban J connectivity index is 1.61. The third kappa shape index (κ3) is 5.11. The van der Waals surface area contributed by atoms with E-state index >= 15 is 0 Å². The van der Waals surface area contributed by atoms with Gasteiger partial charge in [-0.05, 0) is 60.2 Å². The van der Waals surface area contributed by atoms with Gasteiger partial charge in [-0.2, -0.15) is 0 Å². The maximum atomic E-state index is 13.5. The molecule has 1 amide bonds. The molecule has 0 spiro atoms. The van der Waals surface area contributed by atoms with Crippen LogP contribution in [-0.4, -0.2) is 10.2 Å². The number of hydrogen-bond acceptors (Lipinski definition) is 4. The van der Waals surface area contributed by atoms with E-state index in [0.717, 1.165) is 17.3 Å². The molecule has 32 heavy (non-hydrogen) atoms. The third-order valence-corrected chi connectivity index (χ3v) is 6.56. The van der Waals surface area contributed by atoms with Gasteiger partial charge in [-0.25, -0.2) is 4.39 Å². The number of hydrogen-bond donors (Lipinski definition) is 0. The molecular weight excluding hydrogens is 512 g/mol. The van der Waals surface area contributed by atoms with Crippen LogP contribution >= 0.6 is 58.8 Å². The van der Waals surface area contributed by atoms with Crippen LogP contribution in [0.15, 0.2) is 65.6 Å². The molecule has 0 saturated carbocycles. The third-order valence-electron chi connectivity index (χ3n) is 4.50. The second-order valence-corrected chi connectivity index (χ2v) is 9.67. The molecule has 0 aromatic heterocycles. The molecule has 3 aromatic rings. The van der Waals surface area contributed by atoms with Crippen LogP contribution < -0.4 is 9.64 Å². The van der Waals surface area contributed by atoms with Gasteiger partial charge >= 0.3 is 0 Å². The van der Waals surface area contributed by atoms with Crippen LogP contribution in [0.5, 0.6) is 5.75 Å². The summed E-state index contributed by atoms with van der Waals surface area (Å²) in [7, 11) is 0. The maximum absolute atomic E-state index is 13.5. The van der Waals surface area contributed by atoms with E-state index in [0.29, 0.717) is 36.3 Å². The van der Waals surface area contributed by atoms with Crippen molar-refractivity contribution in [3.05, 3.63) is 97.6 Å². The molecule has 0 atom stereocenters. The lowest BCUT2D eigenvalue weighted by Crippen LogP contribution is -2.27. The highest BCUT2D eigenvalue weighted by Gasteiger charge is 2.33. The van der Waals surface area contributed by atoms with Crippen molar-refractivity contribution in [3.8, 4) is 5.75 Å². The lowest BCUT2D eigenvalue weighted by atomic mass is 10.1. The fraction of sp³-hybridized carbons (Fsp3) is 0.0435. The Morgan fingerprint density at radius 3 is 2.56 bits per heavy atom. The summed E-state index contributed by atoms with van der Waals surface area (Å²) in [5, 5.41) is 1.02. The van der Waals surface area contributed by atoms with Gasteiger partial charge in [-0.15, -0.1) is 0 Å². The topological polar surface area (TPSA) is 29.5 Å². The van der Waals surface area contributed by atoms with Crippen molar-refractivity contribution in [2.24, 2.45) is 0 Å². The molecule has 9 heteroatoms. The van der Waals surface area contributed by atoms with E-state index in [2.05, 4.69) is 0 Å². The normalized spacial score (nSPS) is 15.0. The fourth-order valence-corrected chi connectivity index (χ4v) is 4.87. The number of ether oxygens (including phenoxy) is 1. The Morgan fingerprint density at radius 2 is 1.81 bits per heavy atom. The summed E-state index contributed by atoms with van der Waals surface area (Å²) in [6.07, 6.45) is 1.67. The molecule has 3 aromatic carbocycles. The number of nitrogens with zero attached hydrogens (tertiary/aromatic N) is 1. The minimum Gasteiger partial charge on any atom is -0.488 e. The van der Waals surface area contributed by atoms with Crippen LogP contribution in [0, 0.1) is 5.82 Å². The Labute approximate surface area is 208 Å². The molecule has 1 saturated heterocycles. The number of carbonyl (C=O) groups is 1. The molecule has 0 radical (unpaired) electrons. The Bertz CT molecular complexity index is 1270. The van der Waals surface area contributed by atoms with Crippen LogP contribution in [0.2, 0.25) is 15.1 Å². The first-order chi connectivity index (χ1) is 15.3. The highest BCUT2D eigenvalue weighted by molar-refractivity contribution is 8.27. The highest BCUT2D eigenvalue weighted by Crippen LogP contribution is 2.38. The zero-order valence-electron chi connectivity index (χ0n) is 16.2. The number of benzene rings is 3. The van der Waals surface area contributed by atoms with E-state index < -0.39 is 5.82 Å². The lowest BCUT2D eigenvalue weighted by molar-refractivity contribution is -0.113. The molecule has 3 nitrogen and oxygen atoms in total. The van der Waals surface area contributed by atoms with Crippen LogP contribution in [0.25, 0.3) is 6.08 Å². The highest BCUT2D eigenvalue weighted by atomic mass is 35.5. The summed E-state index contributed by atoms with van der Waals surface area (Å²) in [4.78, 5) is 14.7. The summed E-state index contributed by atoms with van der Waals surface area (Å²) in [5.41, 5.74) is 1.92. The van der Waals surface area contributed by atoms with E-state index in [1.54, 1.807) is 30.3 Å². The molecule has 1 aliphatic rings. The number of thioether (sulfide) groups is 1. The van der Waals surface area contributed by atoms with Crippen LogP contribution in [0.3, 0.4) is 0 Å². The van der Waals surface area contributed by atoms with Gasteiger partial charge < -0.3 is 4.74 Å². The molecule has 1 heterocycles. The van der Waals surface area contributed by atoms with Crippen molar-refractivity contribution < 1.29 is 13.9 Å². The first-order valence-electron chi connectivity index (χ1n) is 9.21. The van der Waals surface area contributed by atoms with Crippen molar-refractivity contribution in [3.63, 3.8) is 0 Å². The predicted octanol–water partition coefficient (Wildman–Crippen LogP) is 7.77. The SMILES string of the molecule is O=C1/C(=C\c2cc(Cl)ccc2OCc2cccc(Cl)c2)SC(=S)N1c1ccc(F)c(Cl)c1. The number of halogens is 4. The standard InChI is InChI=1S/C23H13Cl3FNO2S2/c24-15-3-1-2-13(8-15)12-30-20-7-4-16(25)9-14(20)10-21-22(29)28(23(31)32-21)17-5-6-19(27)18(26)11-17/h1-11H,12H2/b21-10+. The monoisotopic (exact) mass is 523 g/mol. The minimum atomic E-state index is -0.572. The summed E-state index contributed by atoms with van der Waals surface area (Å²) in [6, 6.07) is 16.5. The Kier molecular flexibility index (Phi) is 7.08. The average molecular weight is 525 g/mol. The molecule has 1 fully saturated rings. The quantitative estimate of drug-likeness (QED) is 0.252. The van der Waals surface area contributed by atoms with Crippen molar-refractivity contribution in [2.75, 3.05) is 4.90 Å². The summed E-state index contributed by atoms with van der Waals surface area (Å²) in [5.74, 6) is -0.371. The maximum Gasteiger partial charge on any atom is 0.270 e. The van der Waals surface area contributed by atoms with Gasteiger partial charge in [0, 0.05) is 15.6 Å². The molecule has 0 bridgehead atoms. The number of anilines is 1. The number of rotatable bonds is 5. The van der Waals surface area contributed by atoms with E-state index in [1.807, 2.05) is 18.2 Å². The van der Waals surface area contributed by atoms with Crippen LogP contribution in [0.1, 0.15) is 11.1 Å². The summed E-state index contributed by atoms with van der Waals surface area (Å²) >= 11 is 24.6. The van der Waals surface area contributed by atoms with Gasteiger partial charge in [-0.1, -0.05) is 70.9 Å². The van der Waals surface area contributed by atoms with Crippen LogP contribution in [-0.2, 0) is 11.4 Å². The van der Waals surface area contributed by atoms with E-state index in [4.69, 9.17) is 51.8 Å². The second kappa shape index (κ2) is 9.81. The van der Waals surface area contributed by atoms with Crippen molar-refractivity contribution in [1.29, 1.82) is 0 Å². The van der Waals surface area contributed by atoms with Gasteiger partial charge in [0.1, 0.15) is 18.2 Å². The smallest absolute Gasteiger partial charge is 0.270 e. The predicted molar refractivity (Wildman–Crippen MR) is 134 cm³/mol. The van der Waals surface area contributed by atoms with Crippen molar-refractivity contribution >= 4 is 80.8 Å². The molecule has 1 aliphatic heterocycles. The minimum absolute atomic E-state index is 0.0907. The molecule has 4 rings (SSSR count). The lowest BCUT2D eigenvalue weighted by Gasteiger charge is -2.15. The zero-order chi connectivity index (χ0) is 22.8. The average Bonchev–Trinajstić information content (AvgIpc) is 3.02. The van der Waals surface area contributed by atoms with Gasteiger partial charge in [0.25, 0.3) is 5.91 Å². The molecule has 162 valence electrons. The van der Waals surface area contributed by atoms with Crippen molar-refractivity contribution in [2.45, 2.75) is 6.61 Å². The first-order valence-corrected chi connectivity index (χ1v) is 11.6. The number of amides is 1. The van der Waals surface area contributed by atoms with Crippen LogP contribution in [0.4, 0.5) is 10.1 Å². The van der Waals surface area contributed by atoms with E-state index in [-0.39, 0.29) is 17.5 Å². The second-order valence-electron chi connectivity index (χ2n) is 6.72. The van der Waals surface area contributed by atoms with Gasteiger partial charge in [-0.3, -0.25) is 9.69 Å². The van der Waals surface area contributed by atoms with E-state index in [1.165, 1.54) is 23.1 Å². The van der Waals surface area contributed by atoms with Crippen molar-refractivity contribution in [1.82, 2.24) is 0 Å². The largest absolute Gasteiger partial charge is 0.488 e. The Hall–Kier alpha value is -2.09. The van der Waals surface area contributed by atoms with Gasteiger partial charge in [0.05, 0.1) is 15.6 Å². The Morgan fingerprint density at radius 1 is 1.03 bits per heavy atom. The van der Waals surface area contributed by atoms with E-state index in [9.17, 15) is 9.18 Å². The summed E-state index contributed by atoms with van der Waals surface area (Å²) in [6.45, 7) is 0.290. The number of carbonyl (C=O) groups excluding carboxylic acids is 1. The molecule has 0 unspecified atom stereocenters. The molecular formula is C23H13Cl3FNO2S2. The summed E-state index contributed by atoms with van der Waals surface area (Å²) < 4.78 is 19.8. The first kappa shape index (κ1) is 23.1. The molecule has 0 N–H and O–H groups in total. The zero-order valence-corrected chi connectivity index (χ0v) is 20.1. The number of thiocarbonyl (C=S) groups is 1. The fourth-order valence-electron chi connectivity index (χ4n) is 3.01. The molecule has 0 aliphatic carbocycles.